The summed E-state index contributed by atoms with van der Waals surface area (Å²) in [6, 6.07) is 1.72. The molecule has 110 valence electrons. The van der Waals surface area contributed by atoms with Crippen LogP contribution in [0.5, 0.6) is 0 Å². The van der Waals surface area contributed by atoms with Crippen molar-refractivity contribution in [3.63, 3.8) is 0 Å². The first-order valence-electron chi connectivity index (χ1n) is 6.61. The van der Waals surface area contributed by atoms with Crippen LogP contribution in [-0.4, -0.2) is 31.6 Å². The Kier molecular flexibility index (Phi) is 3.30. The number of rotatable bonds is 2. The highest BCUT2D eigenvalue weighted by atomic mass is 16.3. The van der Waals surface area contributed by atoms with Crippen LogP contribution in [0.2, 0.25) is 0 Å². The molecule has 0 spiro atoms. The van der Waals surface area contributed by atoms with Gasteiger partial charge in [0.05, 0.1) is 18.8 Å². The Balaban J connectivity index is 1.98. The Morgan fingerprint density at radius 2 is 2.14 bits per heavy atom. The maximum Gasteiger partial charge on any atom is 0.325 e. The number of aliphatic hydroxyl groups is 1. The van der Waals surface area contributed by atoms with Crippen molar-refractivity contribution in [2.75, 3.05) is 11.4 Å². The van der Waals surface area contributed by atoms with Crippen LogP contribution >= 0.6 is 0 Å². The summed E-state index contributed by atoms with van der Waals surface area (Å²) in [7, 11) is 0. The van der Waals surface area contributed by atoms with E-state index in [1.54, 1.807) is 6.07 Å². The zero-order valence-corrected chi connectivity index (χ0v) is 11.5. The van der Waals surface area contributed by atoms with E-state index in [1.165, 1.54) is 0 Å². The Morgan fingerprint density at radius 3 is 2.90 bits per heavy atom. The molecular formula is C13H15N5O3. The molecule has 8 nitrogen and oxygen atoms in total. The average Bonchev–Trinajstić information content (AvgIpc) is 2.45. The molecule has 2 aromatic rings. The first-order chi connectivity index (χ1) is 10.1. The number of aromatic amines is 2. The summed E-state index contributed by atoms with van der Waals surface area (Å²) in [6.45, 7) is 2.62. The quantitative estimate of drug-likeness (QED) is 0.668. The number of hydrogen-bond donors (Lipinski definition) is 3. The second-order valence-corrected chi connectivity index (χ2v) is 5.00. The molecule has 0 saturated heterocycles. The number of anilines is 1. The van der Waals surface area contributed by atoms with Crippen molar-refractivity contribution < 1.29 is 5.11 Å². The fourth-order valence-electron chi connectivity index (χ4n) is 2.49. The maximum atomic E-state index is 11.7. The minimum absolute atomic E-state index is 0.155. The highest BCUT2D eigenvalue weighted by Gasteiger charge is 2.22. The predicted molar refractivity (Wildman–Crippen MR) is 75.1 cm³/mol. The Bertz CT molecular complexity index is 795. The molecule has 0 amide bonds. The van der Waals surface area contributed by atoms with Gasteiger partial charge >= 0.3 is 5.69 Å². The van der Waals surface area contributed by atoms with E-state index in [1.807, 2.05) is 11.8 Å². The number of aromatic nitrogens is 4. The lowest BCUT2D eigenvalue weighted by atomic mass is 10.1. The SMILES string of the molecule is Cc1cc(CO)nc(N2CCc3c([nH]c(=O)[nH]c3=O)C2)n1. The van der Waals surface area contributed by atoms with Gasteiger partial charge in [0.1, 0.15) is 0 Å². The van der Waals surface area contributed by atoms with Crippen LogP contribution in [0.3, 0.4) is 0 Å². The molecule has 0 bridgehead atoms. The van der Waals surface area contributed by atoms with Gasteiger partial charge in [0, 0.05) is 23.5 Å². The third-order valence-corrected chi connectivity index (χ3v) is 3.45. The summed E-state index contributed by atoms with van der Waals surface area (Å²) in [5, 5.41) is 9.21. The summed E-state index contributed by atoms with van der Waals surface area (Å²) in [5.41, 5.74) is 1.64. The second-order valence-electron chi connectivity index (χ2n) is 5.00. The van der Waals surface area contributed by atoms with Crippen molar-refractivity contribution in [1.29, 1.82) is 0 Å². The van der Waals surface area contributed by atoms with Gasteiger partial charge in [0.15, 0.2) is 0 Å². The topological polar surface area (TPSA) is 115 Å². The van der Waals surface area contributed by atoms with Gasteiger partial charge in [0.25, 0.3) is 5.56 Å². The Morgan fingerprint density at radius 1 is 1.33 bits per heavy atom. The number of aliphatic hydroxyl groups excluding tert-OH is 1. The fourth-order valence-corrected chi connectivity index (χ4v) is 2.49. The first kappa shape index (κ1) is 13.5. The van der Waals surface area contributed by atoms with Gasteiger partial charge in [-0.25, -0.2) is 14.8 Å². The number of nitrogens with one attached hydrogen (secondary N) is 2. The van der Waals surface area contributed by atoms with Gasteiger partial charge in [0.2, 0.25) is 5.95 Å². The largest absolute Gasteiger partial charge is 0.390 e. The van der Waals surface area contributed by atoms with Gasteiger partial charge in [-0.2, -0.15) is 0 Å². The van der Waals surface area contributed by atoms with Crippen molar-refractivity contribution in [3.8, 4) is 0 Å². The number of fused-ring (bicyclic) bond motifs is 1. The summed E-state index contributed by atoms with van der Waals surface area (Å²) < 4.78 is 0. The van der Waals surface area contributed by atoms with E-state index in [-0.39, 0.29) is 12.2 Å². The molecule has 1 aliphatic heterocycles. The third kappa shape index (κ3) is 2.57. The van der Waals surface area contributed by atoms with Crippen molar-refractivity contribution in [2.24, 2.45) is 0 Å². The maximum absolute atomic E-state index is 11.7. The van der Waals surface area contributed by atoms with Crippen molar-refractivity contribution in [1.82, 2.24) is 19.9 Å². The molecular weight excluding hydrogens is 274 g/mol. The van der Waals surface area contributed by atoms with E-state index in [9.17, 15) is 14.7 Å². The molecule has 2 aromatic heterocycles. The van der Waals surface area contributed by atoms with E-state index in [4.69, 9.17) is 0 Å². The van der Waals surface area contributed by atoms with Gasteiger partial charge in [-0.1, -0.05) is 0 Å². The molecule has 0 radical (unpaired) electrons. The number of nitrogens with zero attached hydrogens (tertiary/aromatic N) is 3. The molecule has 3 N–H and O–H groups in total. The van der Waals surface area contributed by atoms with Crippen LogP contribution in [0, 0.1) is 6.92 Å². The van der Waals surface area contributed by atoms with Crippen LogP contribution in [0.1, 0.15) is 22.6 Å². The van der Waals surface area contributed by atoms with Crippen molar-refractivity contribution >= 4 is 5.95 Å². The predicted octanol–water partition coefficient (Wildman–Crippen LogP) is -0.783. The first-order valence-corrected chi connectivity index (χ1v) is 6.61. The molecule has 0 atom stereocenters. The zero-order valence-electron chi connectivity index (χ0n) is 11.5. The van der Waals surface area contributed by atoms with E-state index >= 15 is 0 Å². The van der Waals surface area contributed by atoms with Crippen LogP contribution in [0.15, 0.2) is 15.7 Å². The molecule has 3 rings (SSSR count). The molecule has 0 aromatic carbocycles. The average molecular weight is 289 g/mol. The second kappa shape index (κ2) is 5.13. The van der Waals surface area contributed by atoms with E-state index in [2.05, 4.69) is 19.9 Å². The number of aryl methyl sites for hydroxylation is 1. The summed E-state index contributed by atoms with van der Waals surface area (Å²) >= 11 is 0. The monoisotopic (exact) mass is 289 g/mol. The number of hydrogen-bond acceptors (Lipinski definition) is 6. The van der Waals surface area contributed by atoms with Crippen molar-refractivity contribution in [3.05, 3.63) is 49.5 Å². The zero-order chi connectivity index (χ0) is 15.0. The smallest absolute Gasteiger partial charge is 0.325 e. The lowest BCUT2D eigenvalue weighted by Gasteiger charge is -2.28. The van der Waals surface area contributed by atoms with Gasteiger partial charge < -0.3 is 15.0 Å². The highest BCUT2D eigenvalue weighted by Crippen LogP contribution is 2.18. The molecule has 1 aliphatic rings. The normalized spacial score (nSPS) is 14.1. The molecule has 0 saturated carbocycles. The van der Waals surface area contributed by atoms with Gasteiger partial charge in [-0.05, 0) is 19.4 Å². The van der Waals surface area contributed by atoms with Crippen LogP contribution < -0.4 is 16.1 Å². The minimum Gasteiger partial charge on any atom is -0.390 e. The van der Waals surface area contributed by atoms with Crippen LogP contribution in [0.25, 0.3) is 0 Å². The summed E-state index contributed by atoms with van der Waals surface area (Å²) in [4.78, 5) is 38.5. The summed E-state index contributed by atoms with van der Waals surface area (Å²) in [5.74, 6) is 0.492. The standard InChI is InChI=1S/C13H15N5O3/c1-7-4-8(6-19)15-12(14-7)18-3-2-9-10(5-18)16-13(21)17-11(9)20/h4,19H,2-3,5-6H2,1H3,(H2,16,17,20,21). The van der Waals surface area contributed by atoms with Crippen molar-refractivity contribution in [2.45, 2.75) is 26.5 Å². The Hall–Kier alpha value is -2.48. The molecule has 3 heterocycles. The minimum atomic E-state index is -0.512. The van der Waals surface area contributed by atoms with Gasteiger partial charge in [-0.15, -0.1) is 0 Å². The summed E-state index contributed by atoms with van der Waals surface area (Å²) in [6.07, 6.45) is 0.507. The molecule has 0 fully saturated rings. The fraction of sp³-hybridized carbons (Fsp3) is 0.385. The van der Waals surface area contributed by atoms with Gasteiger partial charge in [-0.3, -0.25) is 9.78 Å². The van der Waals surface area contributed by atoms with E-state index in [0.29, 0.717) is 42.4 Å². The lowest BCUT2D eigenvalue weighted by molar-refractivity contribution is 0.276. The highest BCUT2D eigenvalue weighted by molar-refractivity contribution is 5.37. The van der Waals surface area contributed by atoms with E-state index in [0.717, 1.165) is 5.69 Å². The third-order valence-electron chi connectivity index (χ3n) is 3.45. The lowest BCUT2D eigenvalue weighted by Crippen LogP contribution is -2.39. The Labute approximate surface area is 119 Å². The van der Waals surface area contributed by atoms with Crippen LogP contribution in [-0.2, 0) is 19.6 Å². The molecule has 0 aliphatic carbocycles. The molecule has 8 heteroatoms. The van der Waals surface area contributed by atoms with Crippen LogP contribution in [0.4, 0.5) is 5.95 Å². The van der Waals surface area contributed by atoms with E-state index < -0.39 is 5.69 Å². The molecule has 21 heavy (non-hydrogen) atoms. The number of H-pyrrole nitrogens is 2. The molecule has 0 unspecified atom stereocenters.